The van der Waals surface area contributed by atoms with Gasteiger partial charge in [-0.05, 0) is 37.0 Å². The third-order valence-electron chi connectivity index (χ3n) is 3.35. The zero-order chi connectivity index (χ0) is 13.2. The molecule has 5 heteroatoms. The molecule has 0 N–H and O–H groups in total. The number of carbonyl (C=O) groups excluding carboxylic acids is 1. The second-order valence-corrected chi connectivity index (χ2v) is 5.64. The first-order valence-electron chi connectivity index (χ1n) is 6.29. The number of nitrogens with zero attached hydrogens (tertiary/aromatic N) is 2. The van der Waals surface area contributed by atoms with E-state index in [4.69, 9.17) is 0 Å². The van der Waals surface area contributed by atoms with Crippen molar-refractivity contribution in [1.82, 2.24) is 0 Å². The quantitative estimate of drug-likeness (QED) is 0.832. The molecule has 0 bridgehead atoms. The first-order chi connectivity index (χ1) is 9.22. The molecule has 1 aliphatic heterocycles. The number of amides is 1. The van der Waals surface area contributed by atoms with E-state index in [0.717, 1.165) is 30.5 Å². The number of thioether (sulfide) groups is 1. The van der Waals surface area contributed by atoms with Gasteiger partial charge in [0.25, 0.3) is 5.91 Å². The number of aliphatic imine (C=N–C) groups is 2. The van der Waals surface area contributed by atoms with Crippen LogP contribution in [0, 0.1) is 11.7 Å². The summed E-state index contributed by atoms with van der Waals surface area (Å²) in [6.07, 6.45) is 2.82. The average Bonchev–Trinajstić information content (AvgIpc) is 2.87. The van der Waals surface area contributed by atoms with Gasteiger partial charge in [0.1, 0.15) is 5.82 Å². The molecule has 0 saturated heterocycles. The number of halogens is 1. The van der Waals surface area contributed by atoms with Crippen molar-refractivity contribution >= 4 is 28.5 Å². The lowest BCUT2D eigenvalue weighted by molar-refractivity contribution is -0.119. The van der Waals surface area contributed by atoms with Crippen molar-refractivity contribution in [2.45, 2.75) is 25.0 Å². The first-order valence-corrected chi connectivity index (χ1v) is 7.28. The van der Waals surface area contributed by atoms with E-state index in [2.05, 4.69) is 9.98 Å². The number of fused-ring (bicyclic) bond motifs is 1. The van der Waals surface area contributed by atoms with Gasteiger partial charge in [0, 0.05) is 11.5 Å². The highest BCUT2D eigenvalue weighted by Crippen LogP contribution is 2.29. The predicted molar refractivity (Wildman–Crippen MR) is 74.9 cm³/mol. The van der Waals surface area contributed by atoms with Crippen LogP contribution in [-0.4, -0.2) is 16.8 Å². The zero-order valence-electron chi connectivity index (χ0n) is 10.3. The minimum atomic E-state index is -0.243. The first kappa shape index (κ1) is 12.5. The molecule has 3 rings (SSSR count). The lowest BCUT2D eigenvalue weighted by Crippen LogP contribution is -2.22. The van der Waals surface area contributed by atoms with Gasteiger partial charge >= 0.3 is 0 Å². The van der Waals surface area contributed by atoms with E-state index in [1.165, 1.54) is 23.9 Å². The Hall–Kier alpha value is -1.49. The molecule has 3 nitrogen and oxygen atoms in total. The largest absolute Gasteiger partial charge is 0.272 e. The summed E-state index contributed by atoms with van der Waals surface area (Å²) >= 11 is 1.43. The Morgan fingerprint density at radius 1 is 1.26 bits per heavy atom. The topological polar surface area (TPSA) is 41.8 Å². The van der Waals surface area contributed by atoms with Crippen LogP contribution in [0.5, 0.6) is 0 Å². The lowest BCUT2D eigenvalue weighted by Gasteiger charge is -2.13. The van der Waals surface area contributed by atoms with Crippen LogP contribution in [0.3, 0.4) is 0 Å². The van der Waals surface area contributed by atoms with Crippen LogP contribution in [0.1, 0.15) is 24.8 Å². The third-order valence-corrected chi connectivity index (χ3v) is 4.27. The Bertz CT molecular complexity index is 565. The van der Waals surface area contributed by atoms with Crippen molar-refractivity contribution in [2.24, 2.45) is 15.9 Å². The fourth-order valence-electron chi connectivity index (χ4n) is 2.34. The molecule has 1 aromatic rings. The molecule has 1 amide bonds. The predicted octanol–water partition coefficient (Wildman–Crippen LogP) is 3.20. The van der Waals surface area contributed by atoms with Crippen molar-refractivity contribution in [3.63, 3.8) is 0 Å². The van der Waals surface area contributed by atoms with Gasteiger partial charge in [-0.15, -0.1) is 0 Å². The molecule has 0 aromatic heterocycles. The van der Waals surface area contributed by atoms with E-state index in [1.54, 1.807) is 12.1 Å². The summed E-state index contributed by atoms with van der Waals surface area (Å²) < 4.78 is 12.8. The molecule has 0 spiro atoms. The van der Waals surface area contributed by atoms with Gasteiger partial charge in [-0.25, -0.2) is 9.38 Å². The number of benzene rings is 1. The van der Waals surface area contributed by atoms with Crippen molar-refractivity contribution in [2.75, 3.05) is 0 Å². The maximum atomic E-state index is 12.8. The SMILES string of the molecule is O=C1N=C(SCc2ccc(F)cc2)N=C2CCCC12. The van der Waals surface area contributed by atoms with Gasteiger partial charge < -0.3 is 0 Å². The summed E-state index contributed by atoms with van der Waals surface area (Å²) in [7, 11) is 0. The van der Waals surface area contributed by atoms with Crippen molar-refractivity contribution in [3.05, 3.63) is 35.6 Å². The van der Waals surface area contributed by atoms with Gasteiger partial charge in [0.15, 0.2) is 5.17 Å². The molecule has 1 heterocycles. The van der Waals surface area contributed by atoms with Crippen molar-refractivity contribution in [1.29, 1.82) is 0 Å². The Balaban J connectivity index is 1.67. The number of amidine groups is 1. The molecular formula is C14H13FN2OS. The molecule has 2 aliphatic rings. The average molecular weight is 276 g/mol. The van der Waals surface area contributed by atoms with E-state index < -0.39 is 0 Å². The standard InChI is InChI=1S/C14H13FN2OS/c15-10-6-4-9(5-7-10)8-19-14-16-12-3-1-2-11(12)13(18)17-14/h4-7,11H,1-3,8H2. The molecule has 1 aromatic carbocycles. The summed E-state index contributed by atoms with van der Waals surface area (Å²) in [5, 5.41) is 0.544. The molecule has 1 unspecified atom stereocenters. The van der Waals surface area contributed by atoms with E-state index in [9.17, 15) is 9.18 Å². The Morgan fingerprint density at radius 2 is 2.05 bits per heavy atom. The highest BCUT2D eigenvalue weighted by molar-refractivity contribution is 8.13. The summed E-state index contributed by atoms with van der Waals surface area (Å²) in [5.74, 6) is 0.292. The van der Waals surface area contributed by atoms with Gasteiger partial charge in [-0.1, -0.05) is 23.9 Å². The molecule has 1 saturated carbocycles. The monoisotopic (exact) mass is 276 g/mol. The normalized spacial score (nSPS) is 21.9. The van der Waals surface area contributed by atoms with Crippen LogP contribution < -0.4 is 0 Å². The van der Waals surface area contributed by atoms with Crippen LogP contribution in [-0.2, 0) is 10.5 Å². The summed E-state index contributed by atoms with van der Waals surface area (Å²) in [6, 6.07) is 6.34. The number of hydrogen-bond acceptors (Lipinski definition) is 3. The fraction of sp³-hybridized carbons (Fsp3) is 0.357. The van der Waals surface area contributed by atoms with Crippen molar-refractivity contribution < 1.29 is 9.18 Å². The molecule has 19 heavy (non-hydrogen) atoms. The Morgan fingerprint density at radius 3 is 2.84 bits per heavy atom. The number of carbonyl (C=O) groups is 1. The Labute approximate surface area is 115 Å². The van der Waals surface area contributed by atoms with Gasteiger partial charge in [-0.2, -0.15) is 4.99 Å². The minimum Gasteiger partial charge on any atom is -0.272 e. The maximum Gasteiger partial charge on any atom is 0.256 e. The minimum absolute atomic E-state index is 0.0518. The van der Waals surface area contributed by atoms with Crippen LogP contribution in [0.4, 0.5) is 4.39 Å². The van der Waals surface area contributed by atoms with E-state index in [1.807, 2.05) is 0 Å². The highest BCUT2D eigenvalue weighted by Gasteiger charge is 2.32. The molecule has 1 atom stereocenters. The Kier molecular flexibility index (Phi) is 3.46. The summed E-state index contributed by atoms with van der Waals surface area (Å²) in [4.78, 5) is 20.3. The van der Waals surface area contributed by atoms with Crippen molar-refractivity contribution in [3.8, 4) is 0 Å². The highest BCUT2D eigenvalue weighted by atomic mass is 32.2. The maximum absolute atomic E-state index is 12.8. The zero-order valence-corrected chi connectivity index (χ0v) is 11.1. The van der Waals surface area contributed by atoms with E-state index >= 15 is 0 Å². The van der Waals surface area contributed by atoms with Crippen LogP contribution >= 0.6 is 11.8 Å². The van der Waals surface area contributed by atoms with Crippen LogP contribution in [0.25, 0.3) is 0 Å². The summed E-state index contributed by atoms with van der Waals surface area (Å²) in [5.41, 5.74) is 1.98. The van der Waals surface area contributed by atoms with Gasteiger partial charge in [0.2, 0.25) is 0 Å². The van der Waals surface area contributed by atoms with E-state index in [0.29, 0.717) is 10.9 Å². The molecule has 1 aliphatic carbocycles. The lowest BCUT2D eigenvalue weighted by atomic mass is 10.1. The number of rotatable bonds is 2. The summed E-state index contributed by atoms with van der Waals surface area (Å²) in [6.45, 7) is 0. The second kappa shape index (κ2) is 5.25. The molecular weight excluding hydrogens is 263 g/mol. The molecule has 98 valence electrons. The van der Waals surface area contributed by atoms with Gasteiger partial charge in [-0.3, -0.25) is 4.79 Å². The van der Waals surface area contributed by atoms with Crippen LogP contribution in [0.15, 0.2) is 34.3 Å². The number of hydrogen-bond donors (Lipinski definition) is 0. The smallest absolute Gasteiger partial charge is 0.256 e. The second-order valence-electron chi connectivity index (χ2n) is 4.70. The molecule has 1 fully saturated rings. The van der Waals surface area contributed by atoms with E-state index in [-0.39, 0.29) is 17.6 Å². The van der Waals surface area contributed by atoms with Crippen LogP contribution in [0.2, 0.25) is 0 Å². The molecule has 0 radical (unpaired) electrons. The fourth-order valence-corrected chi connectivity index (χ4v) is 3.17. The van der Waals surface area contributed by atoms with Gasteiger partial charge in [0.05, 0.1) is 5.92 Å². The third kappa shape index (κ3) is 2.76.